The van der Waals surface area contributed by atoms with E-state index in [-0.39, 0.29) is 17.8 Å². The van der Waals surface area contributed by atoms with Gasteiger partial charge in [0, 0.05) is 23.5 Å². The van der Waals surface area contributed by atoms with Crippen molar-refractivity contribution in [1.29, 1.82) is 0 Å². The first kappa shape index (κ1) is 13.5. The first-order valence-electron chi connectivity index (χ1n) is 6.26. The second-order valence-corrected chi connectivity index (χ2v) is 5.41. The van der Waals surface area contributed by atoms with Gasteiger partial charge in [0.1, 0.15) is 5.82 Å². The van der Waals surface area contributed by atoms with Crippen LogP contribution in [0.1, 0.15) is 35.2 Å². The smallest absolute Gasteiger partial charge is 0.254 e. The molecule has 18 heavy (non-hydrogen) atoms. The maximum Gasteiger partial charge on any atom is 0.254 e. The maximum absolute atomic E-state index is 13.3. The number of hydrogen-bond acceptors (Lipinski definition) is 1. The van der Waals surface area contributed by atoms with Gasteiger partial charge < -0.3 is 4.90 Å². The highest BCUT2D eigenvalue weighted by Crippen LogP contribution is 2.22. The third kappa shape index (κ3) is 2.74. The molecule has 1 unspecified atom stereocenters. The normalized spacial score (nSPS) is 19.9. The SMILES string of the molecule is Cc1ccc(F)cc1C(=O)N1CCCCC1CBr. The number of likely N-dealkylation sites (tertiary alicyclic amines) is 1. The minimum atomic E-state index is -0.351. The van der Waals surface area contributed by atoms with E-state index in [4.69, 9.17) is 0 Å². The van der Waals surface area contributed by atoms with Crippen LogP contribution in [0.25, 0.3) is 0 Å². The van der Waals surface area contributed by atoms with Crippen molar-refractivity contribution in [3.05, 3.63) is 35.1 Å². The van der Waals surface area contributed by atoms with Crippen LogP contribution in [0.5, 0.6) is 0 Å². The Kier molecular flexibility index (Phi) is 4.38. The minimum Gasteiger partial charge on any atom is -0.335 e. The lowest BCUT2D eigenvalue weighted by molar-refractivity contribution is 0.0640. The van der Waals surface area contributed by atoms with E-state index in [0.717, 1.165) is 36.7 Å². The lowest BCUT2D eigenvalue weighted by atomic mass is 10.0. The van der Waals surface area contributed by atoms with E-state index in [2.05, 4.69) is 15.9 Å². The number of piperidine rings is 1. The number of carbonyl (C=O) groups excluding carboxylic acids is 1. The first-order chi connectivity index (χ1) is 8.63. The fraction of sp³-hybridized carbons (Fsp3) is 0.500. The van der Waals surface area contributed by atoms with E-state index in [0.29, 0.717) is 5.56 Å². The topological polar surface area (TPSA) is 20.3 Å². The largest absolute Gasteiger partial charge is 0.335 e. The fourth-order valence-corrected chi connectivity index (χ4v) is 3.08. The Morgan fingerprint density at radius 1 is 1.50 bits per heavy atom. The van der Waals surface area contributed by atoms with Crippen molar-refractivity contribution in [2.45, 2.75) is 32.2 Å². The summed E-state index contributed by atoms with van der Waals surface area (Å²) in [6, 6.07) is 4.63. The van der Waals surface area contributed by atoms with Crippen molar-refractivity contribution in [3.63, 3.8) is 0 Å². The third-order valence-corrected chi connectivity index (χ3v) is 4.24. The molecule has 2 nitrogen and oxygen atoms in total. The summed E-state index contributed by atoms with van der Waals surface area (Å²) < 4.78 is 13.3. The summed E-state index contributed by atoms with van der Waals surface area (Å²) in [4.78, 5) is 14.4. The Hall–Kier alpha value is -0.900. The van der Waals surface area contributed by atoms with Crippen molar-refractivity contribution in [2.75, 3.05) is 11.9 Å². The van der Waals surface area contributed by atoms with Gasteiger partial charge in [0.2, 0.25) is 0 Å². The monoisotopic (exact) mass is 313 g/mol. The molecule has 0 aromatic heterocycles. The number of benzene rings is 1. The van der Waals surface area contributed by atoms with Crippen LogP contribution in [-0.2, 0) is 0 Å². The highest BCUT2D eigenvalue weighted by molar-refractivity contribution is 9.09. The third-order valence-electron chi connectivity index (χ3n) is 3.50. The highest BCUT2D eigenvalue weighted by Gasteiger charge is 2.27. The van der Waals surface area contributed by atoms with Gasteiger partial charge in [-0.3, -0.25) is 4.79 Å². The van der Waals surface area contributed by atoms with Crippen LogP contribution in [0.4, 0.5) is 4.39 Å². The number of carbonyl (C=O) groups is 1. The molecular weight excluding hydrogens is 297 g/mol. The molecule has 98 valence electrons. The predicted octanol–water partition coefficient (Wildman–Crippen LogP) is 3.52. The zero-order valence-corrected chi connectivity index (χ0v) is 12.0. The van der Waals surface area contributed by atoms with Gasteiger partial charge in [-0.15, -0.1) is 0 Å². The Morgan fingerprint density at radius 3 is 3.00 bits per heavy atom. The second kappa shape index (κ2) is 5.83. The number of hydrogen-bond donors (Lipinski definition) is 0. The average Bonchev–Trinajstić information content (AvgIpc) is 2.40. The second-order valence-electron chi connectivity index (χ2n) is 4.76. The van der Waals surface area contributed by atoms with Gasteiger partial charge in [-0.1, -0.05) is 22.0 Å². The van der Waals surface area contributed by atoms with Gasteiger partial charge in [-0.2, -0.15) is 0 Å². The van der Waals surface area contributed by atoms with Crippen LogP contribution in [0.3, 0.4) is 0 Å². The Labute approximate surface area is 115 Å². The zero-order chi connectivity index (χ0) is 13.1. The van der Waals surface area contributed by atoms with Crippen molar-refractivity contribution < 1.29 is 9.18 Å². The van der Waals surface area contributed by atoms with E-state index in [1.165, 1.54) is 12.1 Å². The Balaban J connectivity index is 2.26. The molecule has 1 fully saturated rings. The molecule has 0 radical (unpaired) electrons. The summed E-state index contributed by atoms with van der Waals surface area (Å²) in [5.41, 5.74) is 1.32. The number of nitrogens with zero attached hydrogens (tertiary/aromatic N) is 1. The Bertz CT molecular complexity index is 449. The summed E-state index contributed by atoms with van der Waals surface area (Å²) in [6.45, 7) is 2.62. The van der Waals surface area contributed by atoms with E-state index >= 15 is 0 Å². The van der Waals surface area contributed by atoms with Crippen LogP contribution < -0.4 is 0 Å². The molecule has 1 saturated heterocycles. The van der Waals surface area contributed by atoms with E-state index < -0.39 is 0 Å². The minimum absolute atomic E-state index is 0.0452. The molecule has 0 aliphatic carbocycles. The van der Waals surface area contributed by atoms with Crippen LogP contribution >= 0.6 is 15.9 Å². The van der Waals surface area contributed by atoms with E-state index in [1.54, 1.807) is 6.07 Å². The fourth-order valence-electron chi connectivity index (χ4n) is 2.41. The standard InChI is InChI=1S/C14H17BrFNO/c1-10-5-6-11(16)8-13(10)14(18)17-7-3-2-4-12(17)9-15/h5-6,8,12H,2-4,7,9H2,1H3. The number of aryl methyl sites for hydroxylation is 1. The van der Waals surface area contributed by atoms with Crippen LogP contribution in [0.2, 0.25) is 0 Å². The summed E-state index contributed by atoms with van der Waals surface area (Å²) >= 11 is 3.46. The van der Waals surface area contributed by atoms with Crippen LogP contribution in [0, 0.1) is 12.7 Å². The zero-order valence-electron chi connectivity index (χ0n) is 10.5. The lowest BCUT2D eigenvalue weighted by Gasteiger charge is -2.35. The van der Waals surface area contributed by atoms with Gasteiger partial charge in [0.25, 0.3) is 5.91 Å². The maximum atomic E-state index is 13.3. The molecular formula is C14H17BrFNO. The molecule has 1 aliphatic heterocycles. The summed E-state index contributed by atoms with van der Waals surface area (Å²) in [7, 11) is 0. The molecule has 0 N–H and O–H groups in total. The molecule has 1 atom stereocenters. The van der Waals surface area contributed by atoms with Gasteiger partial charge >= 0.3 is 0 Å². The molecule has 2 rings (SSSR count). The van der Waals surface area contributed by atoms with Gasteiger partial charge in [0.15, 0.2) is 0 Å². The summed E-state index contributed by atoms with van der Waals surface area (Å²) in [5, 5.41) is 0.785. The lowest BCUT2D eigenvalue weighted by Crippen LogP contribution is -2.44. The molecule has 1 amide bonds. The molecule has 1 heterocycles. The molecule has 1 aliphatic rings. The number of rotatable bonds is 2. The molecule has 0 saturated carbocycles. The predicted molar refractivity (Wildman–Crippen MR) is 73.6 cm³/mol. The average molecular weight is 314 g/mol. The van der Waals surface area contributed by atoms with Crippen molar-refractivity contribution in [3.8, 4) is 0 Å². The quantitative estimate of drug-likeness (QED) is 0.765. The molecule has 1 aromatic carbocycles. The van der Waals surface area contributed by atoms with Crippen molar-refractivity contribution >= 4 is 21.8 Å². The molecule has 1 aromatic rings. The van der Waals surface area contributed by atoms with Crippen LogP contribution in [-0.4, -0.2) is 28.7 Å². The summed E-state index contributed by atoms with van der Waals surface area (Å²) in [5.74, 6) is -0.396. The highest BCUT2D eigenvalue weighted by atomic mass is 79.9. The van der Waals surface area contributed by atoms with Crippen molar-refractivity contribution in [1.82, 2.24) is 4.90 Å². The van der Waals surface area contributed by atoms with Gasteiger partial charge in [0.05, 0.1) is 0 Å². The first-order valence-corrected chi connectivity index (χ1v) is 7.38. The van der Waals surface area contributed by atoms with Gasteiger partial charge in [-0.25, -0.2) is 4.39 Å². The molecule has 4 heteroatoms. The number of alkyl halides is 1. The van der Waals surface area contributed by atoms with Crippen LogP contribution in [0.15, 0.2) is 18.2 Å². The van der Waals surface area contributed by atoms with Crippen molar-refractivity contribution in [2.24, 2.45) is 0 Å². The Morgan fingerprint density at radius 2 is 2.28 bits per heavy atom. The summed E-state index contributed by atoms with van der Waals surface area (Å²) in [6.07, 6.45) is 3.21. The van der Waals surface area contributed by atoms with Gasteiger partial charge in [-0.05, 0) is 43.9 Å². The van der Waals surface area contributed by atoms with E-state index in [1.807, 2.05) is 11.8 Å². The van der Waals surface area contributed by atoms with E-state index in [9.17, 15) is 9.18 Å². The number of halogens is 2. The molecule has 0 bridgehead atoms. The molecule has 0 spiro atoms. The number of amides is 1.